The SMILES string of the molecule is CN=C(NCc1ccccc1Cl)NCC(c1cccc(OC)c1)N(C)C. The third-order valence-corrected chi connectivity index (χ3v) is 4.56. The van der Waals surface area contributed by atoms with Gasteiger partial charge in [-0.2, -0.15) is 0 Å². The Morgan fingerprint density at radius 2 is 1.92 bits per heavy atom. The minimum absolute atomic E-state index is 0.184. The molecule has 0 amide bonds. The van der Waals surface area contributed by atoms with Gasteiger partial charge in [0.1, 0.15) is 5.75 Å². The highest BCUT2D eigenvalue weighted by atomic mass is 35.5. The summed E-state index contributed by atoms with van der Waals surface area (Å²) in [7, 11) is 7.57. The van der Waals surface area contributed by atoms with Crippen LogP contribution in [0, 0.1) is 0 Å². The van der Waals surface area contributed by atoms with Crippen molar-refractivity contribution in [1.29, 1.82) is 0 Å². The molecule has 0 fully saturated rings. The number of guanidine groups is 1. The molecule has 0 saturated carbocycles. The smallest absolute Gasteiger partial charge is 0.191 e. The van der Waals surface area contributed by atoms with Gasteiger partial charge in [-0.05, 0) is 43.4 Å². The molecule has 1 atom stereocenters. The third kappa shape index (κ3) is 5.64. The Morgan fingerprint density at radius 1 is 1.15 bits per heavy atom. The lowest BCUT2D eigenvalue weighted by molar-refractivity contribution is 0.297. The average Bonchev–Trinajstić information content (AvgIpc) is 2.65. The van der Waals surface area contributed by atoms with Crippen LogP contribution in [0.1, 0.15) is 17.2 Å². The molecular formula is C20H27ClN4O. The lowest BCUT2D eigenvalue weighted by Crippen LogP contribution is -2.41. The monoisotopic (exact) mass is 374 g/mol. The highest BCUT2D eigenvalue weighted by molar-refractivity contribution is 6.31. The van der Waals surface area contributed by atoms with Crippen molar-refractivity contribution in [2.75, 3.05) is 34.8 Å². The lowest BCUT2D eigenvalue weighted by atomic mass is 10.1. The number of hydrogen-bond acceptors (Lipinski definition) is 3. The fourth-order valence-electron chi connectivity index (χ4n) is 2.68. The van der Waals surface area contributed by atoms with Crippen molar-refractivity contribution < 1.29 is 4.74 Å². The van der Waals surface area contributed by atoms with E-state index in [1.54, 1.807) is 14.2 Å². The van der Waals surface area contributed by atoms with Crippen LogP contribution < -0.4 is 15.4 Å². The van der Waals surface area contributed by atoms with Gasteiger partial charge < -0.3 is 20.3 Å². The maximum atomic E-state index is 6.21. The molecule has 0 spiro atoms. The van der Waals surface area contributed by atoms with Crippen molar-refractivity contribution in [2.24, 2.45) is 4.99 Å². The fraction of sp³-hybridized carbons (Fsp3) is 0.350. The highest BCUT2D eigenvalue weighted by Crippen LogP contribution is 2.22. The molecule has 0 bridgehead atoms. The number of halogens is 1. The average molecular weight is 375 g/mol. The zero-order valence-electron chi connectivity index (χ0n) is 15.8. The predicted molar refractivity (Wildman–Crippen MR) is 109 cm³/mol. The summed E-state index contributed by atoms with van der Waals surface area (Å²) in [6.07, 6.45) is 0. The summed E-state index contributed by atoms with van der Waals surface area (Å²) in [5.41, 5.74) is 2.22. The Bertz CT molecular complexity index is 733. The van der Waals surface area contributed by atoms with E-state index in [0.29, 0.717) is 13.1 Å². The first-order chi connectivity index (χ1) is 12.5. The Hall–Kier alpha value is -2.24. The summed E-state index contributed by atoms with van der Waals surface area (Å²) < 4.78 is 5.34. The maximum absolute atomic E-state index is 6.21. The summed E-state index contributed by atoms with van der Waals surface area (Å²) >= 11 is 6.21. The normalized spacial score (nSPS) is 12.8. The van der Waals surface area contributed by atoms with Gasteiger partial charge in [0.2, 0.25) is 0 Å². The van der Waals surface area contributed by atoms with E-state index >= 15 is 0 Å². The van der Waals surface area contributed by atoms with Gasteiger partial charge in [0.25, 0.3) is 0 Å². The number of methoxy groups -OCH3 is 1. The van der Waals surface area contributed by atoms with E-state index in [4.69, 9.17) is 16.3 Å². The number of aliphatic imine (C=N–C) groups is 1. The summed E-state index contributed by atoms with van der Waals surface area (Å²) in [6, 6.07) is 16.1. The van der Waals surface area contributed by atoms with Crippen molar-refractivity contribution in [3.05, 3.63) is 64.7 Å². The predicted octanol–water partition coefficient (Wildman–Crippen LogP) is 3.32. The van der Waals surface area contributed by atoms with Gasteiger partial charge in [0.15, 0.2) is 5.96 Å². The van der Waals surface area contributed by atoms with Gasteiger partial charge in [0.05, 0.1) is 13.2 Å². The van der Waals surface area contributed by atoms with Crippen molar-refractivity contribution in [1.82, 2.24) is 15.5 Å². The molecule has 6 heteroatoms. The van der Waals surface area contributed by atoms with E-state index in [1.807, 2.05) is 36.4 Å². The number of rotatable bonds is 7. The largest absolute Gasteiger partial charge is 0.497 e. The van der Waals surface area contributed by atoms with Crippen molar-refractivity contribution in [2.45, 2.75) is 12.6 Å². The number of hydrogen-bond donors (Lipinski definition) is 2. The van der Waals surface area contributed by atoms with Crippen LogP contribution in [0.25, 0.3) is 0 Å². The molecule has 5 nitrogen and oxygen atoms in total. The standard InChI is InChI=1S/C20H27ClN4O/c1-22-20(23-13-16-8-5-6-11-18(16)21)24-14-19(25(2)3)15-9-7-10-17(12-15)26-4/h5-12,19H,13-14H2,1-4H3,(H2,22,23,24). The highest BCUT2D eigenvalue weighted by Gasteiger charge is 2.15. The van der Waals surface area contributed by atoms with Gasteiger partial charge in [0, 0.05) is 25.2 Å². The van der Waals surface area contributed by atoms with Crippen LogP contribution in [0.5, 0.6) is 5.75 Å². The summed E-state index contributed by atoms with van der Waals surface area (Å²) in [4.78, 5) is 6.47. The zero-order valence-corrected chi connectivity index (χ0v) is 16.5. The number of nitrogens with zero attached hydrogens (tertiary/aromatic N) is 2. The molecule has 2 rings (SSSR count). The molecule has 0 aliphatic carbocycles. The lowest BCUT2D eigenvalue weighted by Gasteiger charge is -2.26. The van der Waals surface area contributed by atoms with Crippen LogP contribution >= 0.6 is 11.6 Å². The van der Waals surface area contributed by atoms with E-state index in [9.17, 15) is 0 Å². The van der Waals surface area contributed by atoms with Crippen LogP contribution in [-0.2, 0) is 6.54 Å². The quantitative estimate of drug-likeness (QED) is 0.576. The molecule has 1 unspecified atom stereocenters. The van der Waals surface area contributed by atoms with Gasteiger partial charge >= 0.3 is 0 Å². The minimum Gasteiger partial charge on any atom is -0.497 e. The molecule has 0 saturated heterocycles. The molecular weight excluding hydrogens is 348 g/mol. The van der Waals surface area contributed by atoms with Crippen molar-refractivity contribution in [3.63, 3.8) is 0 Å². The molecule has 0 aliphatic heterocycles. The molecule has 2 N–H and O–H groups in total. The molecule has 2 aromatic rings. The Labute approximate surface area is 161 Å². The molecule has 0 radical (unpaired) electrons. The topological polar surface area (TPSA) is 48.9 Å². The molecule has 2 aromatic carbocycles. The molecule has 26 heavy (non-hydrogen) atoms. The number of ether oxygens (including phenoxy) is 1. The fourth-order valence-corrected chi connectivity index (χ4v) is 2.88. The first kappa shape index (κ1) is 20.1. The zero-order chi connectivity index (χ0) is 18.9. The van der Waals surface area contributed by atoms with Gasteiger partial charge in [-0.1, -0.05) is 41.9 Å². The van der Waals surface area contributed by atoms with Crippen LogP contribution in [0.15, 0.2) is 53.5 Å². The molecule has 0 aromatic heterocycles. The third-order valence-electron chi connectivity index (χ3n) is 4.19. The Balaban J connectivity index is 1.99. The molecule has 0 aliphatic rings. The molecule has 0 heterocycles. The first-order valence-corrected chi connectivity index (χ1v) is 8.91. The second-order valence-electron chi connectivity index (χ2n) is 6.15. The van der Waals surface area contributed by atoms with Crippen molar-refractivity contribution in [3.8, 4) is 5.75 Å². The van der Waals surface area contributed by atoms with E-state index in [1.165, 1.54) is 5.56 Å². The number of likely N-dealkylation sites (N-methyl/N-ethyl adjacent to an activating group) is 1. The van der Waals surface area contributed by atoms with Crippen LogP contribution in [0.3, 0.4) is 0 Å². The van der Waals surface area contributed by atoms with Crippen LogP contribution in [-0.4, -0.2) is 45.7 Å². The number of benzene rings is 2. The maximum Gasteiger partial charge on any atom is 0.191 e. The van der Waals surface area contributed by atoms with Crippen LogP contribution in [0.4, 0.5) is 0 Å². The Morgan fingerprint density at radius 3 is 2.58 bits per heavy atom. The molecule has 140 valence electrons. The second-order valence-corrected chi connectivity index (χ2v) is 6.56. The Kier molecular flexibility index (Phi) is 7.75. The van der Waals surface area contributed by atoms with E-state index in [0.717, 1.165) is 22.3 Å². The summed E-state index contributed by atoms with van der Waals surface area (Å²) in [5.74, 6) is 1.59. The van der Waals surface area contributed by atoms with Gasteiger partial charge in [-0.15, -0.1) is 0 Å². The van der Waals surface area contributed by atoms with Gasteiger partial charge in [-0.3, -0.25) is 4.99 Å². The first-order valence-electron chi connectivity index (χ1n) is 8.53. The second kappa shape index (κ2) is 10.0. The van der Waals surface area contributed by atoms with Crippen LogP contribution in [0.2, 0.25) is 5.02 Å². The van der Waals surface area contributed by atoms with E-state index < -0.39 is 0 Å². The van der Waals surface area contributed by atoms with Crippen molar-refractivity contribution >= 4 is 17.6 Å². The minimum atomic E-state index is 0.184. The van der Waals surface area contributed by atoms with E-state index in [-0.39, 0.29) is 6.04 Å². The van der Waals surface area contributed by atoms with E-state index in [2.05, 4.69) is 46.8 Å². The summed E-state index contributed by atoms with van der Waals surface area (Å²) in [6.45, 7) is 1.33. The number of nitrogens with one attached hydrogen (secondary N) is 2. The summed E-state index contributed by atoms with van der Waals surface area (Å²) in [5, 5.41) is 7.44. The van der Waals surface area contributed by atoms with Gasteiger partial charge in [-0.25, -0.2) is 0 Å².